The second-order valence-corrected chi connectivity index (χ2v) is 8.87. The highest BCUT2D eigenvalue weighted by Gasteiger charge is 2.34. The van der Waals surface area contributed by atoms with Gasteiger partial charge >= 0.3 is 0 Å². The molecule has 26 heavy (non-hydrogen) atoms. The zero-order valence-corrected chi connectivity index (χ0v) is 16.2. The van der Waals surface area contributed by atoms with Crippen LogP contribution in [-0.2, 0) is 10.2 Å². The molecule has 0 N–H and O–H groups in total. The second-order valence-electron chi connectivity index (χ2n) is 7.80. The predicted molar refractivity (Wildman–Crippen MR) is 112 cm³/mol. The summed E-state index contributed by atoms with van der Waals surface area (Å²) in [5.74, 6) is 0.700. The van der Waals surface area contributed by atoms with Crippen molar-refractivity contribution in [3.8, 4) is 0 Å². The van der Waals surface area contributed by atoms with Gasteiger partial charge in [-0.1, -0.05) is 81.4 Å². The van der Waals surface area contributed by atoms with Gasteiger partial charge in [0.15, 0.2) is 0 Å². The normalized spacial score (nSPS) is 17.9. The first-order chi connectivity index (χ1) is 12.4. The number of hydrogen-bond donors (Lipinski definition) is 0. The summed E-state index contributed by atoms with van der Waals surface area (Å²) in [5, 5.41) is 2.32. The summed E-state index contributed by atoms with van der Waals surface area (Å²) in [6.07, 6.45) is 0. The molecule has 1 heterocycles. The smallest absolute Gasteiger partial charge is 0.238 e. The number of hydrogen-bond acceptors (Lipinski definition) is 2. The van der Waals surface area contributed by atoms with E-state index in [1.165, 1.54) is 11.1 Å². The first-order valence-corrected chi connectivity index (χ1v) is 10.0. The lowest BCUT2D eigenvalue weighted by Crippen LogP contribution is -2.28. The Morgan fingerprint density at radius 1 is 0.923 bits per heavy atom. The number of rotatable bonds is 2. The summed E-state index contributed by atoms with van der Waals surface area (Å²) in [4.78, 5) is 14.7. The average molecular weight is 362 g/mol. The van der Waals surface area contributed by atoms with Gasteiger partial charge in [0.25, 0.3) is 0 Å². The third-order valence-electron chi connectivity index (χ3n) is 4.96. The van der Waals surface area contributed by atoms with Gasteiger partial charge in [-0.2, -0.15) is 0 Å². The van der Waals surface area contributed by atoms with E-state index in [9.17, 15) is 4.79 Å². The highest BCUT2D eigenvalue weighted by Crippen LogP contribution is 2.44. The van der Waals surface area contributed by atoms with Crippen molar-refractivity contribution >= 4 is 34.1 Å². The van der Waals surface area contributed by atoms with Gasteiger partial charge in [0, 0.05) is 5.39 Å². The molecule has 3 aromatic carbocycles. The number of benzene rings is 3. The fraction of sp³-hybridized carbons (Fsp3) is 0.261. The van der Waals surface area contributed by atoms with Crippen LogP contribution in [0.3, 0.4) is 0 Å². The molecule has 0 radical (unpaired) electrons. The van der Waals surface area contributed by atoms with Crippen LogP contribution < -0.4 is 4.90 Å². The van der Waals surface area contributed by atoms with E-state index in [0.717, 1.165) is 16.5 Å². The van der Waals surface area contributed by atoms with E-state index < -0.39 is 0 Å². The molecule has 0 saturated carbocycles. The van der Waals surface area contributed by atoms with E-state index in [-0.39, 0.29) is 16.7 Å². The summed E-state index contributed by atoms with van der Waals surface area (Å²) < 4.78 is 0. The Bertz CT molecular complexity index is 951. The van der Waals surface area contributed by atoms with Crippen LogP contribution >= 0.6 is 11.8 Å². The standard InChI is InChI=1S/C23H23NOS/c1-23(2,3)18-13-11-17(12-14-18)22-24(21(25)15-26-22)20-10-6-8-16-7-4-5-9-19(16)20/h4-14,22H,15H2,1-3H3. The molecule has 1 aliphatic heterocycles. The van der Waals surface area contributed by atoms with Crippen molar-refractivity contribution in [2.24, 2.45) is 0 Å². The van der Waals surface area contributed by atoms with Crippen LogP contribution in [0.4, 0.5) is 5.69 Å². The molecule has 1 saturated heterocycles. The molecule has 1 unspecified atom stereocenters. The minimum Gasteiger partial charge on any atom is -0.294 e. The third-order valence-corrected chi connectivity index (χ3v) is 6.17. The Kier molecular flexibility index (Phi) is 4.28. The van der Waals surface area contributed by atoms with Gasteiger partial charge in [-0.25, -0.2) is 0 Å². The highest BCUT2D eigenvalue weighted by atomic mass is 32.2. The number of anilines is 1. The topological polar surface area (TPSA) is 20.3 Å². The molecule has 1 amide bonds. The van der Waals surface area contributed by atoms with Crippen LogP contribution in [0.5, 0.6) is 0 Å². The lowest BCUT2D eigenvalue weighted by molar-refractivity contribution is -0.115. The summed E-state index contributed by atoms with van der Waals surface area (Å²) in [6.45, 7) is 6.66. The number of nitrogens with zero attached hydrogens (tertiary/aromatic N) is 1. The Labute approximate surface area is 159 Å². The number of thioether (sulfide) groups is 1. The lowest BCUT2D eigenvalue weighted by Gasteiger charge is -2.26. The minimum absolute atomic E-state index is 0.0299. The van der Waals surface area contributed by atoms with Crippen molar-refractivity contribution < 1.29 is 4.79 Å². The molecule has 3 aromatic rings. The van der Waals surface area contributed by atoms with E-state index in [0.29, 0.717) is 5.75 Å². The number of amides is 1. The maximum atomic E-state index is 12.7. The highest BCUT2D eigenvalue weighted by molar-refractivity contribution is 8.00. The summed E-state index contributed by atoms with van der Waals surface area (Å²) in [7, 11) is 0. The first kappa shape index (κ1) is 17.2. The molecule has 132 valence electrons. The summed E-state index contributed by atoms with van der Waals surface area (Å²) in [6, 6.07) is 23.2. The van der Waals surface area contributed by atoms with Crippen LogP contribution in [-0.4, -0.2) is 11.7 Å². The number of fused-ring (bicyclic) bond motifs is 1. The third kappa shape index (κ3) is 3.01. The minimum atomic E-state index is 0.0299. The van der Waals surface area contributed by atoms with E-state index >= 15 is 0 Å². The van der Waals surface area contributed by atoms with E-state index in [1.54, 1.807) is 11.8 Å². The van der Waals surface area contributed by atoms with Crippen LogP contribution in [0.2, 0.25) is 0 Å². The summed E-state index contributed by atoms with van der Waals surface area (Å²) >= 11 is 1.70. The van der Waals surface area contributed by atoms with Gasteiger partial charge in [0.05, 0.1) is 11.4 Å². The predicted octanol–water partition coefficient (Wildman–Crippen LogP) is 5.92. The molecule has 2 nitrogen and oxygen atoms in total. The number of carbonyl (C=O) groups is 1. The molecule has 1 aliphatic rings. The molecular weight excluding hydrogens is 338 g/mol. The molecule has 1 atom stereocenters. The monoisotopic (exact) mass is 361 g/mol. The summed E-state index contributed by atoms with van der Waals surface area (Å²) in [5.41, 5.74) is 3.63. The van der Waals surface area contributed by atoms with Crippen molar-refractivity contribution in [2.75, 3.05) is 10.7 Å². The van der Waals surface area contributed by atoms with Gasteiger partial charge in [-0.3, -0.25) is 9.69 Å². The van der Waals surface area contributed by atoms with Crippen LogP contribution in [0.15, 0.2) is 66.7 Å². The molecule has 0 aromatic heterocycles. The van der Waals surface area contributed by atoms with Gasteiger partial charge in [-0.15, -0.1) is 11.8 Å². The van der Waals surface area contributed by atoms with Gasteiger partial charge in [-0.05, 0) is 28.0 Å². The Morgan fingerprint density at radius 3 is 2.35 bits per heavy atom. The van der Waals surface area contributed by atoms with Gasteiger partial charge < -0.3 is 0 Å². The van der Waals surface area contributed by atoms with Crippen molar-refractivity contribution in [1.29, 1.82) is 0 Å². The maximum absolute atomic E-state index is 12.7. The fourth-order valence-corrected chi connectivity index (χ4v) is 4.67. The van der Waals surface area contributed by atoms with Crippen molar-refractivity contribution in [3.05, 3.63) is 77.9 Å². The molecule has 1 fully saturated rings. The van der Waals surface area contributed by atoms with Crippen LogP contribution in [0.1, 0.15) is 37.3 Å². The Balaban J connectivity index is 1.76. The van der Waals surface area contributed by atoms with E-state index in [1.807, 2.05) is 23.1 Å². The van der Waals surface area contributed by atoms with Crippen molar-refractivity contribution in [2.45, 2.75) is 31.6 Å². The van der Waals surface area contributed by atoms with Crippen molar-refractivity contribution in [3.63, 3.8) is 0 Å². The maximum Gasteiger partial charge on any atom is 0.238 e. The number of carbonyl (C=O) groups excluding carboxylic acids is 1. The van der Waals surface area contributed by atoms with Crippen molar-refractivity contribution in [1.82, 2.24) is 0 Å². The van der Waals surface area contributed by atoms with E-state index in [4.69, 9.17) is 0 Å². The van der Waals surface area contributed by atoms with Gasteiger partial charge in [0.2, 0.25) is 5.91 Å². The molecular formula is C23H23NOS. The fourth-order valence-electron chi connectivity index (χ4n) is 3.50. The van der Waals surface area contributed by atoms with Crippen LogP contribution in [0.25, 0.3) is 10.8 Å². The van der Waals surface area contributed by atoms with E-state index in [2.05, 4.69) is 69.3 Å². The first-order valence-electron chi connectivity index (χ1n) is 8.97. The Hall–Kier alpha value is -2.26. The largest absolute Gasteiger partial charge is 0.294 e. The molecule has 3 heteroatoms. The lowest BCUT2D eigenvalue weighted by atomic mass is 9.86. The second kappa shape index (κ2) is 6.48. The zero-order valence-electron chi connectivity index (χ0n) is 15.4. The Morgan fingerprint density at radius 2 is 1.62 bits per heavy atom. The molecule has 4 rings (SSSR count). The quantitative estimate of drug-likeness (QED) is 0.565. The SMILES string of the molecule is CC(C)(C)c1ccc(C2SCC(=O)N2c2cccc3ccccc23)cc1. The molecule has 0 aliphatic carbocycles. The molecule has 0 spiro atoms. The average Bonchev–Trinajstić information content (AvgIpc) is 3.02. The zero-order chi connectivity index (χ0) is 18.3. The molecule has 0 bridgehead atoms. The van der Waals surface area contributed by atoms with Crippen LogP contribution in [0, 0.1) is 0 Å². The van der Waals surface area contributed by atoms with Gasteiger partial charge in [0.1, 0.15) is 5.37 Å².